The molecule has 0 aliphatic rings. The van der Waals surface area contributed by atoms with Gasteiger partial charge in [0.05, 0.1) is 5.60 Å². The minimum atomic E-state index is -0.163. The summed E-state index contributed by atoms with van der Waals surface area (Å²) in [6.45, 7) is 9.06. The molecular formula is C10H23NO. The molecule has 74 valence electrons. The highest BCUT2D eigenvalue weighted by molar-refractivity contribution is 4.82. The van der Waals surface area contributed by atoms with Gasteiger partial charge in [-0.1, -0.05) is 19.8 Å². The summed E-state index contributed by atoms with van der Waals surface area (Å²) in [6.07, 6.45) is 3.46. The predicted octanol–water partition coefficient (Wildman–Crippen LogP) is 2.32. The lowest BCUT2D eigenvalue weighted by molar-refractivity contribution is -0.0310. The number of hydrogen-bond acceptors (Lipinski definition) is 2. The molecule has 2 heteroatoms. The van der Waals surface area contributed by atoms with Crippen LogP contribution in [0.4, 0.5) is 0 Å². The molecule has 0 aromatic heterocycles. The van der Waals surface area contributed by atoms with E-state index in [0.717, 1.165) is 13.0 Å². The average molecular weight is 173 g/mol. The van der Waals surface area contributed by atoms with Crippen molar-refractivity contribution in [1.82, 2.24) is 0 Å². The topological polar surface area (TPSA) is 35.2 Å². The molecular weight excluding hydrogens is 150 g/mol. The fourth-order valence-electron chi connectivity index (χ4n) is 1.25. The average Bonchev–Trinajstić information content (AvgIpc) is 2.00. The molecule has 0 heterocycles. The van der Waals surface area contributed by atoms with E-state index in [4.69, 9.17) is 10.5 Å². The van der Waals surface area contributed by atoms with Crippen molar-refractivity contribution in [2.45, 2.75) is 58.6 Å². The van der Waals surface area contributed by atoms with Gasteiger partial charge in [-0.25, -0.2) is 0 Å². The van der Waals surface area contributed by atoms with Gasteiger partial charge >= 0.3 is 0 Å². The number of unbranched alkanes of at least 4 members (excludes halogenated alkanes) is 1. The molecule has 0 bridgehead atoms. The van der Waals surface area contributed by atoms with Gasteiger partial charge in [-0.2, -0.15) is 0 Å². The molecule has 0 saturated carbocycles. The summed E-state index contributed by atoms with van der Waals surface area (Å²) >= 11 is 0. The molecule has 2 N–H and O–H groups in total. The van der Waals surface area contributed by atoms with Crippen LogP contribution in [0.1, 0.15) is 47.0 Å². The lowest BCUT2D eigenvalue weighted by atomic mass is 9.94. The Balaban J connectivity index is 3.79. The first kappa shape index (κ1) is 11.9. The van der Waals surface area contributed by atoms with Crippen LogP contribution in [0, 0.1) is 0 Å². The van der Waals surface area contributed by atoms with E-state index in [1.54, 1.807) is 0 Å². The Kier molecular flexibility index (Phi) is 5.51. The highest BCUT2D eigenvalue weighted by Gasteiger charge is 2.25. The summed E-state index contributed by atoms with van der Waals surface area (Å²) in [6, 6.07) is 0.164. The molecule has 0 spiro atoms. The van der Waals surface area contributed by atoms with Crippen LogP contribution in [0.15, 0.2) is 0 Å². The van der Waals surface area contributed by atoms with Gasteiger partial charge in [0.2, 0.25) is 0 Å². The second kappa shape index (κ2) is 5.55. The molecule has 0 saturated heterocycles. The van der Waals surface area contributed by atoms with Crippen LogP contribution < -0.4 is 5.73 Å². The van der Waals surface area contributed by atoms with Gasteiger partial charge in [-0.3, -0.25) is 0 Å². The van der Waals surface area contributed by atoms with Crippen molar-refractivity contribution in [2.24, 2.45) is 5.73 Å². The molecule has 0 rings (SSSR count). The van der Waals surface area contributed by atoms with Crippen LogP contribution in [0.5, 0.6) is 0 Å². The van der Waals surface area contributed by atoms with Crippen LogP contribution in [0.3, 0.4) is 0 Å². The number of nitrogens with two attached hydrogens (primary N) is 1. The van der Waals surface area contributed by atoms with Crippen LogP contribution in [0.2, 0.25) is 0 Å². The van der Waals surface area contributed by atoms with Gasteiger partial charge < -0.3 is 10.5 Å². The zero-order valence-corrected chi connectivity index (χ0v) is 8.89. The molecule has 0 aromatic carbocycles. The first-order chi connectivity index (χ1) is 5.54. The minimum absolute atomic E-state index is 0.163. The molecule has 1 atom stereocenters. The standard InChI is InChI=1S/C10H23NO/c1-5-7-8-9(11)10(3,4)12-6-2/h9H,5-8,11H2,1-4H3. The molecule has 0 aliphatic heterocycles. The fraction of sp³-hybridized carbons (Fsp3) is 1.00. The Labute approximate surface area is 76.5 Å². The molecule has 0 aliphatic carbocycles. The summed E-state index contributed by atoms with van der Waals surface area (Å²) in [5, 5.41) is 0. The quantitative estimate of drug-likeness (QED) is 0.669. The summed E-state index contributed by atoms with van der Waals surface area (Å²) in [4.78, 5) is 0. The Morgan fingerprint density at radius 1 is 1.33 bits per heavy atom. The fourth-order valence-corrected chi connectivity index (χ4v) is 1.25. The second-order valence-corrected chi connectivity index (χ2v) is 3.79. The van der Waals surface area contributed by atoms with Crippen LogP contribution in [0.25, 0.3) is 0 Å². The zero-order chi connectivity index (χ0) is 9.61. The van der Waals surface area contributed by atoms with Gasteiger partial charge in [-0.05, 0) is 27.2 Å². The van der Waals surface area contributed by atoms with Crippen molar-refractivity contribution in [3.63, 3.8) is 0 Å². The van der Waals surface area contributed by atoms with Gasteiger partial charge in [0.1, 0.15) is 0 Å². The maximum absolute atomic E-state index is 6.00. The van der Waals surface area contributed by atoms with E-state index < -0.39 is 0 Å². The lowest BCUT2D eigenvalue weighted by Gasteiger charge is -2.31. The third-order valence-electron chi connectivity index (χ3n) is 2.28. The van der Waals surface area contributed by atoms with Crippen molar-refractivity contribution >= 4 is 0 Å². The minimum Gasteiger partial charge on any atom is -0.374 e. The van der Waals surface area contributed by atoms with E-state index in [2.05, 4.69) is 20.8 Å². The second-order valence-electron chi connectivity index (χ2n) is 3.79. The third-order valence-corrected chi connectivity index (χ3v) is 2.28. The maximum atomic E-state index is 6.00. The first-order valence-electron chi connectivity index (χ1n) is 4.94. The van der Waals surface area contributed by atoms with Crippen LogP contribution in [-0.4, -0.2) is 18.2 Å². The van der Waals surface area contributed by atoms with E-state index in [1.807, 2.05) is 6.92 Å². The largest absolute Gasteiger partial charge is 0.374 e. The van der Waals surface area contributed by atoms with E-state index in [9.17, 15) is 0 Å². The summed E-state index contributed by atoms with van der Waals surface area (Å²) in [7, 11) is 0. The maximum Gasteiger partial charge on any atom is 0.0776 e. The molecule has 12 heavy (non-hydrogen) atoms. The van der Waals surface area contributed by atoms with E-state index in [0.29, 0.717) is 0 Å². The van der Waals surface area contributed by atoms with Crippen molar-refractivity contribution in [3.8, 4) is 0 Å². The van der Waals surface area contributed by atoms with Crippen molar-refractivity contribution in [3.05, 3.63) is 0 Å². The third kappa shape index (κ3) is 4.07. The summed E-state index contributed by atoms with van der Waals surface area (Å²) in [5.74, 6) is 0. The monoisotopic (exact) mass is 173 g/mol. The van der Waals surface area contributed by atoms with Gasteiger partial charge in [0, 0.05) is 12.6 Å². The Bertz CT molecular complexity index is 112. The van der Waals surface area contributed by atoms with Crippen LogP contribution in [-0.2, 0) is 4.74 Å². The van der Waals surface area contributed by atoms with Crippen LogP contribution >= 0.6 is 0 Å². The first-order valence-corrected chi connectivity index (χ1v) is 4.94. The molecule has 0 amide bonds. The number of ether oxygens (including phenoxy) is 1. The predicted molar refractivity (Wildman–Crippen MR) is 53.2 cm³/mol. The normalized spacial score (nSPS) is 14.8. The van der Waals surface area contributed by atoms with Gasteiger partial charge in [0.25, 0.3) is 0 Å². The smallest absolute Gasteiger partial charge is 0.0776 e. The lowest BCUT2D eigenvalue weighted by Crippen LogP contribution is -2.45. The summed E-state index contributed by atoms with van der Waals surface area (Å²) in [5.41, 5.74) is 5.84. The highest BCUT2D eigenvalue weighted by Crippen LogP contribution is 2.17. The molecule has 0 radical (unpaired) electrons. The SMILES string of the molecule is CCCCC(N)C(C)(C)OCC. The Hall–Kier alpha value is -0.0800. The van der Waals surface area contributed by atoms with Gasteiger partial charge in [0.15, 0.2) is 0 Å². The number of hydrogen-bond donors (Lipinski definition) is 1. The molecule has 2 nitrogen and oxygen atoms in total. The Morgan fingerprint density at radius 3 is 2.33 bits per heavy atom. The van der Waals surface area contributed by atoms with Crippen molar-refractivity contribution in [1.29, 1.82) is 0 Å². The van der Waals surface area contributed by atoms with E-state index >= 15 is 0 Å². The highest BCUT2D eigenvalue weighted by atomic mass is 16.5. The zero-order valence-electron chi connectivity index (χ0n) is 8.89. The summed E-state index contributed by atoms with van der Waals surface area (Å²) < 4.78 is 5.56. The molecule has 0 aromatic rings. The van der Waals surface area contributed by atoms with E-state index in [1.165, 1.54) is 12.8 Å². The van der Waals surface area contributed by atoms with E-state index in [-0.39, 0.29) is 11.6 Å². The van der Waals surface area contributed by atoms with Gasteiger partial charge in [-0.15, -0.1) is 0 Å². The van der Waals surface area contributed by atoms with Crippen molar-refractivity contribution < 1.29 is 4.74 Å². The Morgan fingerprint density at radius 2 is 1.92 bits per heavy atom. The molecule has 0 fully saturated rings. The van der Waals surface area contributed by atoms with Crippen molar-refractivity contribution in [2.75, 3.05) is 6.61 Å². The number of rotatable bonds is 6. The molecule has 1 unspecified atom stereocenters.